The van der Waals surface area contributed by atoms with Crippen molar-refractivity contribution in [1.82, 2.24) is 14.7 Å². The minimum atomic E-state index is 0.0482. The molecular weight excluding hydrogens is 350 g/mol. The number of fused-ring (bicyclic) bond motifs is 2. The Balaban J connectivity index is 1.10. The van der Waals surface area contributed by atoms with Crippen LogP contribution < -0.4 is 0 Å². The molecule has 0 radical (unpaired) electrons. The number of piperazine rings is 1. The Morgan fingerprint density at radius 2 is 1.89 bits per heavy atom. The van der Waals surface area contributed by atoms with Gasteiger partial charge in [0.1, 0.15) is 5.58 Å². The molecule has 0 spiro atoms. The Kier molecular flexibility index (Phi) is 5.12. The van der Waals surface area contributed by atoms with Crippen LogP contribution in [-0.4, -0.2) is 72.5 Å². The molecule has 28 heavy (non-hydrogen) atoms. The van der Waals surface area contributed by atoms with Crippen LogP contribution in [0.4, 0.5) is 0 Å². The van der Waals surface area contributed by atoms with Crippen LogP contribution in [0.2, 0.25) is 0 Å². The molecule has 3 aliphatic rings. The fourth-order valence-electron chi connectivity index (χ4n) is 5.29. The van der Waals surface area contributed by atoms with E-state index in [0.29, 0.717) is 5.76 Å². The van der Waals surface area contributed by atoms with Crippen molar-refractivity contribution in [3.63, 3.8) is 0 Å². The van der Waals surface area contributed by atoms with Gasteiger partial charge in [0.15, 0.2) is 5.76 Å². The highest BCUT2D eigenvalue weighted by molar-refractivity contribution is 5.96. The zero-order valence-corrected chi connectivity index (χ0v) is 16.7. The largest absolute Gasteiger partial charge is 0.451 e. The van der Waals surface area contributed by atoms with Gasteiger partial charge < -0.3 is 14.2 Å². The lowest BCUT2D eigenvalue weighted by atomic mass is 9.93. The van der Waals surface area contributed by atoms with Crippen molar-refractivity contribution in [3.05, 3.63) is 36.1 Å². The summed E-state index contributed by atoms with van der Waals surface area (Å²) in [6.07, 6.45) is 6.29. The van der Waals surface area contributed by atoms with Crippen molar-refractivity contribution in [1.29, 1.82) is 0 Å². The Hall–Kier alpha value is -1.85. The first-order valence-electron chi connectivity index (χ1n) is 11.0. The third-order valence-corrected chi connectivity index (χ3v) is 7.06. The lowest BCUT2D eigenvalue weighted by Gasteiger charge is -2.38. The van der Waals surface area contributed by atoms with Crippen LogP contribution in [0.25, 0.3) is 11.0 Å². The van der Waals surface area contributed by atoms with Crippen molar-refractivity contribution >= 4 is 16.9 Å². The van der Waals surface area contributed by atoms with Gasteiger partial charge in [0, 0.05) is 44.2 Å². The number of hydrogen-bond acceptors (Lipinski definition) is 4. The molecule has 0 N–H and O–H groups in total. The molecule has 5 nitrogen and oxygen atoms in total. The van der Waals surface area contributed by atoms with Crippen molar-refractivity contribution < 1.29 is 9.21 Å². The minimum Gasteiger partial charge on any atom is -0.451 e. The molecule has 1 amide bonds. The third-order valence-electron chi connectivity index (χ3n) is 7.06. The Labute approximate surface area is 167 Å². The lowest BCUT2D eigenvalue weighted by Crippen LogP contribution is -2.50. The molecule has 1 aromatic heterocycles. The summed E-state index contributed by atoms with van der Waals surface area (Å²) in [6, 6.07) is 10.5. The predicted octanol–water partition coefficient (Wildman–Crippen LogP) is 3.46. The number of nitrogens with zero attached hydrogens (tertiary/aromatic N) is 3. The van der Waals surface area contributed by atoms with Gasteiger partial charge in [-0.3, -0.25) is 9.69 Å². The van der Waals surface area contributed by atoms with E-state index < -0.39 is 0 Å². The standard InChI is InChI=1S/C23H31N3O2/c27-23(22-16-19-4-1-2-6-21(19)28-22)26-12-8-18(9-13-26)7-11-24-14-15-25-10-3-5-20(25)17-24/h1-2,4,6,16,18,20H,3,5,7-15,17H2. The summed E-state index contributed by atoms with van der Waals surface area (Å²) in [4.78, 5) is 20.1. The van der Waals surface area contributed by atoms with Crippen molar-refractivity contribution in [3.8, 4) is 0 Å². The second kappa shape index (κ2) is 7.88. The molecule has 150 valence electrons. The summed E-state index contributed by atoms with van der Waals surface area (Å²) >= 11 is 0. The van der Waals surface area contributed by atoms with Gasteiger partial charge in [-0.15, -0.1) is 0 Å². The summed E-state index contributed by atoms with van der Waals surface area (Å²) in [5, 5.41) is 1.00. The molecular formula is C23H31N3O2. The monoisotopic (exact) mass is 381 g/mol. The number of carbonyl (C=O) groups is 1. The summed E-state index contributed by atoms with van der Waals surface area (Å²) in [5.41, 5.74) is 0.795. The lowest BCUT2D eigenvalue weighted by molar-refractivity contribution is 0.0634. The van der Waals surface area contributed by atoms with E-state index in [1.165, 1.54) is 52.0 Å². The first kappa shape index (κ1) is 18.2. The van der Waals surface area contributed by atoms with Crippen molar-refractivity contribution in [2.24, 2.45) is 5.92 Å². The van der Waals surface area contributed by atoms with Crippen molar-refractivity contribution in [2.45, 2.75) is 38.1 Å². The second-order valence-electron chi connectivity index (χ2n) is 8.81. The topological polar surface area (TPSA) is 39.9 Å². The second-order valence-corrected chi connectivity index (χ2v) is 8.81. The number of piperidine rings is 1. The maximum Gasteiger partial charge on any atom is 0.289 e. The SMILES string of the molecule is O=C(c1cc2ccccc2o1)N1CCC(CCN2CCN3CCCC3C2)CC1. The minimum absolute atomic E-state index is 0.0482. The van der Waals surface area contributed by atoms with E-state index in [1.807, 2.05) is 35.2 Å². The smallest absolute Gasteiger partial charge is 0.289 e. The summed E-state index contributed by atoms with van der Waals surface area (Å²) < 4.78 is 5.77. The van der Waals surface area contributed by atoms with Gasteiger partial charge >= 0.3 is 0 Å². The van der Waals surface area contributed by atoms with E-state index in [1.54, 1.807) is 0 Å². The van der Waals surface area contributed by atoms with Gasteiger partial charge in [-0.2, -0.15) is 0 Å². The highest BCUT2D eigenvalue weighted by Gasteiger charge is 2.31. The molecule has 3 saturated heterocycles. The first-order chi connectivity index (χ1) is 13.8. The van der Waals surface area contributed by atoms with E-state index in [2.05, 4.69) is 9.80 Å². The fraction of sp³-hybridized carbons (Fsp3) is 0.609. The zero-order chi connectivity index (χ0) is 18.9. The molecule has 3 aliphatic heterocycles. The zero-order valence-electron chi connectivity index (χ0n) is 16.7. The van der Waals surface area contributed by atoms with E-state index in [-0.39, 0.29) is 5.91 Å². The molecule has 1 unspecified atom stereocenters. The van der Waals surface area contributed by atoms with Crippen LogP contribution in [0.5, 0.6) is 0 Å². The number of para-hydroxylation sites is 1. The average molecular weight is 382 g/mol. The quantitative estimate of drug-likeness (QED) is 0.813. The van der Waals surface area contributed by atoms with Gasteiger partial charge in [0.2, 0.25) is 0 Å². The van der Waals surface area contributed by atoms with Crippen LogP contribution in [0.1, 0.15) is 42.7 Å². The molecule has 2 aromatic rings. The number of likely N-dealkylation sites (tertiary alicyclic amines) is 1. The highest BCUT2D eigenvalue weighted by Crippen LogP contribution is 2.26. The van der Waals surface area contributed by atoms with Gasteiger partial charge in [-0.1, -0.05) is 18.2 Å². The van der Waals surface area contributed by atoms with E-state index in [9.17, 15) is 4.79 Å². The molecule has 1 aromatic carbocycles. The first-order valence-corrected chi connectivity index (χ1v) is 11.0. The highest BCUT2D eigenvalue weighted by atomic mass is 16.3. The van der Waals surface area contributed by atoms with Gasteiger partial charge in [-0.25, -0.2) is 0 Å². The van der Waals surface area contributed by atoms with E-state index in [4.69, 9.17) is 4.42 Å². The predicted molar refractivity (Wildman–Crippen MR) is 110 cm³/mol. The average Bonchev–Trinajstić information content (AvgIpc) is 3.38. The van der Waals surface area contributed by atoms with Crippen LogP contribution in [0, 0.1) is 5.92 Å². The maximum atomic E-state index is 12.8. The molecule has 0 bridgehead atoms. The number of hydrogen-bond donors (Lipinski definition) is 0. The number of benzene rings is 1. The molecule has 4 heterocycles. The molecule has 5 rings (SSSR count). The van der Waals surface area contributed by atoms with Crippen LogP contribution >= 0.6 is 0 Å². The van der Waals surface area contributed by atoms with E-state index in [0.717, 1.165) is 48.9 Å². The third kappa shape index (κ3) is 3.70. The van der Waals surface area contributed by atoms with Gasteiger partial charge in [0.25, 0.3) is 5.91 Å². The van der Waals surface area contributed by atoms with Crippen LogP contribution in [0.15, 0.2) is 34.7 Å². The Morgan fingerprint density at radius 1 is 1.04 bits per heavy atom. The molecule has 0 aliphatic carbocycles. The number of carbonyl (C=O) groups excluding carboxylic acids is 1. The van der Waals surface area contributed by atoms with E-state index >= 15 is 0 Å². The number of rotatable bonds is 4. The van der Waals surface area contributed by atoms with Crippen molar-refractivity contribution in [2.75, 3.05) is 45.8 Å². The normalized spacial score (nSPS) is 24.7. The Morgan fingerprint density at radius 3 is 2.75 bits per heavy atom. The number of amides is 1. The Bertz CT molecular complexity index is 791. The molecule has 3 fully saturated rings. The summed E-state index contributed by atoms with van der Waals surface area (Å²) in [6.45, 7) is 8.02. The fourth-order valence-corrected chi connectivity index (χ4v) is 5.29. The molecule has 0 saturated carbocycles. The maximum absolute atomic E-state index is 12.8. The van der Waals surface area contributed by atoms with Crippen LogP contribution in [-0.2, 0) is 0 Å². The number of furan rings is 1. The summed E-state index contributed by atoms with van der Waals surface area (Å²) in [7, 11) is 0. The summed E-state index contributed by atoms with van der Waals surface area (Å²) in [5.74, 6) is 1.28. The van der Waals surface area contributed by atoms with Gasteiger partial charge in [0.05, 0.1) is 0 Å². The molecule has 1 atom stereocenters. The van der Waals surface area contributed by atoms with Gasteiger partial charge in [-0.05, 0) is 63.2 Å². The molecule has 5 heteroatoms. The van der Waals surface area contributed by atoms with Crippen LogP contribution in [0.3, 0.4) is 0 Å².